The lowest BCUT2D eigenvalue weighted by molar-refractivity contribution is -0.126. The van der Waals surface area contributed by atoms with Crippen molar-refractivity contribution in [1.29, 1.82) is 0 Å². The van der Waals surface area contributed by atoms with Crippen LogP contribution in [0.1, 0.15) is 22.6 Å². The Morgan fingerprint density at radius 1 is 0.879 bits per heavy atom. The molecule has 0 spiro atoms. The zero-order valence-corrected chi connectivity index (χ0v) is 17.8. The predicted molar refractivity (Wildman–Crippen MR) is 127 cm³/mol. The van der Waals surface area contributed by atoms with Crippen LogP contribution >= 0.6 is 0 Å². The molecule has 1 aromatic heterocycles. The summed E-state index contributed by atoms with van der Waals surface area (Å²) >= 11 is 0. The maximum absolute atomic E-state index is 13.0. The average Bonchev–Trinajstić information content (AvgIpc) is 3.33. The molecule has 0 bridgehead atoms. The number of nitrogens with one attached hydrogen (secondary N) is 3. The topological polar surface area (TPSA) is 99.2 Å². The Balaban J connectivity index is 1.37. The van der Waals surface area contributed by atoms with Crippen LogP contribution in [0.2, 0.25) is 0 Å². The molecule has 0 aliphatic heterocycles. The summed E-state index contributed by atoms with van der Waals surface area (Å²) in [5, 5.41) is 13.7. The van der Waals surface area contributed by atoms with Crippen molar-refractivity contribution in [2.75, 3.05) is 6.54 Å². The van der Waals surface area contributed by atoms with Gasteiger partial charge in [-0.15, -0.1) is 0 Å². The van der Waals surface area contributed by atoms with Gasteiger partial charge in [-0.1, -0.05) is 91.0 Å². The molecule has 0 atom stereocenters. The fourth-order valence-electron chi connectivity index (χ4n) is 3.50. The first kappa shape index (κ1) is 21.7. The molecule has 3 aromatic carbocycles. The lowest BCUT2D eigenvalue weighted by atomic mass is 9.90. The zero-order chi connectivity index (χ0) is 22.9. The van der Waals surface area contributed by atoms with Gasteiger partial charge in [-0.25, -0.2) is 5.43 Å². The number of hydrogen-bond acceptors (Lipinski definition) is 4. The van der Waals surface area contributed by atoms with Gasteiger partial charge in [0.1, 0.15) is 0 Å². The van der Waals surface area contributed by atoms with Crippen LogP contribution in [0, 0.1) is 0 Å². The predicted octanol–water partition coefficient (Wildman–Crippen LogP) is 3.48. The highest BCUT2D eigenvalue weighted by Gasteiger charge is 2.22. The SMILES string of the molecule is O=C(CNC(=O)C(c1ccccc1)c1ccccc1)NN=Cc1cn[nH]c1-c1ccccc1. The first-order valence-electron chi connectivity index (χ1n) is 10.5. The molecular weight excluding hydrogens is 414 g/mol. The number of carbonyl (C=O) groups is 2. The largest absolute Gasteiger partial charge is 0.346 e. The Morgan fingerprint density at radius 3 is 2.06 bits per heavy atom. The third-order valence-electron chi connectivity index (χ3n) is 5.08. The summed E-state index contributed by atoms with van der Waals surface area (Å²) in [6.45, 7) is -0.191. The number of hydrazone groups is 1. The Hall–Kier alpha value is -4.52. The number of nitrogens with zero attached hydrogens (tertiary/aromatic N) is 2. The van der Waals surface area contributed by atoms with Gasteiger partial charge in [0.25, 0.3) is 5.91 Å². The molecule has 0 saturated heterocycles. The van der Waals surface area contributed by atoms with Gasteiger partial charge in [-0.3, -0.25) is 14.7 Å². The fraction of sp³-hybridized carbons (Fsp3) is 0.0769. The highest BCUT2D eigenvalue weighted by Crippen LogP contribution is 2.24. The van der Waals surface area contributed by atoms with Crippen molar-refractivity contribution in [2.24, 2.45) is 5.10 Å². The van der Waals surface area contributed by atoms with Gasteiger partial charge in [-0.05, 0) is 11.1 Å². The summed E-state index contributed by atoms with van der Waals surface area (Å²) in [6, 6.07) is 28.7. The van der Waals surface area contributed by atoms with Gasteiger partial charge in [0.05, 0.1) is 30.6 Å². The van der Waals surface area contributed by atoms with E-state index in [1.807, 2.05) is 91.0 Å². The Kier molecular flexibility index (Phi) is 7.02. The van der Waals surface area contributed by atoms with E-state index >= 15 is 0 Å². The van der Waals surface area contributed by atoms with Crippen LogP contribution in [0.15, 0.2) is 102 Å². The number of H-pyrrole nitrogens is 1. The van der Waals surface area contributed by atoms with Crippen molar-refractivity contribution in [2.45, 2.75) is 5.92 Å². The number of rotatable bonds is 8. The van der Waals surface area contributed by atoms with Gasteiger partial charge in [0.2, 0.25) is 5.91 Å². The Bertz CT molecular complexity index is 1180. The Labute approximate surface area is 191 Å². The molecule has 164 valence electrons. The van der Waals surface area contributed by atoms with Crippen LogP contribution in [0.25, 0.3) is 11.3 Å². The van der Waals surface area contributed by atoms with Crippen LogP contribution in [0.5, 0.6) is 0 Å². The van der Waals surface area contributed by atoms with Crippen molar-refractivity contribution < 1.29 is 9.59 Å². The monoisotopic (exact) mass is 437 g/mol. The number of aromatic nitrogens is 2. The normalized spacial score (nSPS) is 10.9. The molecule has 2 amide bonds. The van der Waals surface area contributed by atoms with Crippen LogP contribution in [-0.2, 0) is 9.59 Å². The number of carbonyl (C=O) groups excluding carboxylic acids is 2. The van der Waals surface area contributed by atoms with E-state index < -0.39 is 11.8 Å². The van der Waals surface area contributed by atoms with E-state index in [4.69, 9.17) is 0 Å². The highest BCUT2D eigenvalue weighted by atomic mass is 16.2. The van der Waals surface area contributed by atoms with Crippen LogP contribution < -0.4 is 10.7 Å². The maximum atomic E-state index is 13.0. The number of benzene rings is 3. The molecule has 33 heavy (non-hydrogen) atoms. The zero-order valence-electron chi connectivity index (χ0n) is 17.8. The summed E-state index contributed by atoms with van der Waals surface area (Å²) in [6.07, 6.45) is 3.15. The molecule has 7 nitrogen and oxygen atoms in total. The molecule has 0 aliphatic rings. The minimum Gasteiger partial charge on any atom is -0.346 e. The van der Waals surface area contributed by atoms with E-state index in [0.717, 1.165) is 27.9 Å². The standard InChI is InChI=1S/C26H23N5O2/c32-23(30-28-16-22-17-29-31-25(22)21-14-8-3-9-15-21)18-27-26(33)24(19-10-4-1-5-11-19)20-12-6-2-7-13-20/h1-17,24H,18H2,(H,27,33)(H,29,31)(H,30,32). The molecule has 0 radical (unpaired) electrons. The number of aromatic amines is 1. The van der Waals surface area contributed by atoms with E-state index in [-0.39, 0.29) is 12.5 Å². The third-order valence-corrected chi connectivity index (χ3v) is 5.08. The van der Waals surface area contributed by atoms with Crippen molar-refractivity contribution in [3.8, 4) is 11.3 Å². The van der Waals surface area contributed by atoms with Crippen molar-refractivity contribution >= 4 is 18.0 Å². The summed E-state index contributed by atoms with van der Waals surface area (Å²) in [7, 11) is 0. The van der Waals surface area contributed by atoms with E-state index in [0.29, 0.717) is 0 Å². The smallest absolute Gasteiger partial charge is 0.259 e. The summed E-state index contributed by atoms with van der Waals surface area (Å²) in [5.41, 5.74) is 6.65. The van der Waals surface area contributed by atoms with E-state index in [1.165, 1.54) is 6.21 Å². The fourth-order valence-corrected chi connectivity index (χ4v) is 3.50. The second-order valence-electron chi connectivity index (χ2n) is 7.33. The number of hydrogen-bond donors (Lipinski definition) is 3. The van der Waals surface area contributed by atoms with Crippen molar-refractivity contribution in [1.82, 2.24) is 20.9 Å². The van der Waals surface area contributed by atoms with Crippen LogP contribution in [0.4, 0.5) is 0 Å². The van der Waals surface area contributed by atoms with Gasteiger partial charge >= 0.3 is 0 Å². The molecule has 0 aliphatic carbocycles. The lowest BCUT2D eigenvalue weighted by Crippen LogP contribution is -2.37. The van der Waals surface area contributed by atoms with Gasteiger partial charge < -0.3 is 5.32 Å². The third kappa shape index (κ3) is 5.59. The Morgan fingerprint density at radius 2 is 1.45 bits per heavy atom. The molecule has 0 saturated carbocycles. The van der Waals surface area contributed by atoms with E-state index in [2.05, 4.69) is 26.0 Å². The molecule has 0 unspecified atom stereocenters. The number of amides is 2. The minimum atomic E-state index is -0.511. The second kappa shape index (κ2) is 10.7. The highest BCUT2D eigenvalue weighted by molar-refractivity contribution is 5.92. The minimum absolute atomic E-state index is 0.191. The van der Waals surface area contributed by atoms with Gasteiger partial charge in [0.15, 0.2) is 0 Å². The molecule has 4 rings (SSSR count). The quantitative estimate of drug-likeness (QED) is 0.291. The molecule has 3 N–H and O–H groups in total. The molecule has 1 heterocycles. The summed E-state index contributed by atoms with van der Waals surface area (Å²) in [5.74, 6) is -1.19. The van der Waals surface area contributed by atoms with Crippen molar-refractivity contribution in [3.05, 3.63) is 114 Å². The first-order valence-corrected chi connectivity index (χ1v) is 10.5. The van der Waals surface area contributed by atoms with E-state index in [9.17, 15) is 9.59 Å². The first-order chi connectivity index (χ1) is 16.2. The average molecular weight is 438 g/mol. The van der Waals surface area contributed by atoms with Gasteiger partial charge in [0, 0.05) is 11.1 Å². The van der Waals surface area contributed by atoms with Gasteiger partial charge in [-0.2, -0.15) is 10.2 Å². The maximum Gasteiger partial charge on any atom is 0.259 e. The van der Waals surface area contributed by atoms with Crippen molar-refractivity contribution in [3.63, 3.8) is 0 Å². The molecular formula is C26H23N5O2. The molecule has 4 aromatic rings. The van der Waals surface area contributed by atoms with E-state index in [1.54, 1.807) is 6.20 Å². The lowest BCUT2D eigenvalue weighted by Gasteiger charge is -2.17. The van der Waals surface area contributed by atoms with Crippen LogP contribution in [0.3, 0.4) is 0 Å². The van der Waals surface area contributed by atoms with Crippen LogP contribution in [-0.4, -0.2) is 34.8 Å². The summed E-state index contributed by atoms with van der Waals surface area (Å²) < 4.78 is 0. The molecule has 0 fully saturated rings. The summed E-state index contributed by atoms with van der Waals surface area (Å²) in [4.78, 5) is 25.2. The molecule has 7 heteroatoms. The second-order valence-corrected chi connectivity index (χ2v) is 7.33.